The highest BCUT2D eigenvalue weighted by atomic mass is 35.5. The van der Waals surface area contributed by atoms with E-state index in [-0.39, 0.29) is 0 Å². The predicted molar refractivity (Wildman–Crippen MR) is 85.1 cm³/mol. The molecule has 0 amide bonds. The minimum atomic E-state index is 0.531. The van der Waals surface area contributed by atoms with Gasteiger partial charge in [0, 0.05) is 30.3 Å². The van der Waals surface area contributed by atoms with Gasteiger partial charge in [0.1, 0.15) is 0 Å². The topological polar surface area (TPSA) is 15.3 Å². The smallest absolute Gasteiger partial charge is 0.0471 e. The maximum absolute atomic E-state index is 6.29. The lowest BCUT2D eigenvalue weighted by molar-refractivity contribution is 0.669. The molecule has 0 aliphatic rings. The summed E-state index contributed by atoms with van der Waals surface area (Å²) in [7, 11) is 4.06. The Bertz CT molecular complexity index is 371. The Labute approximate surface area is 120 Å². The number of hydrogen-bond donors (Lipinski definition) is 1. The highest BCUT2D eigenvalue weighted by Gasteiger charge is 2.11. The number of nitrogens with zero attached hydrogens (tertiary/aromatic N) is 1. The van der Waals surface area contributed by atoms with Crippen LogP contribution in [0.3, 0.4) is 0 Å². The van der Waals surface area contributed by atoms with E-state index in [9.17, 15) is 0 Å². The minimum absolute atomic E-state index is 0.531. The number of anilines is 1. The Morgan fingerprint density at radius 2 is 2.17 bits per heavy atom. The van der Waals surface area contributed by atoms with E-state index in [2.05, 4.69) is 48.6 Å². The van der Waals surface area contributed by atoms with Crippen molar-refractivity contribution in [3.63, 3.8) is 0 Å². The van der Waals surface area contributed by atoms with E-state index in [0.717, 1.165) is 17.1 Å². The molecule has 0 bridgehead atoms. The van der Waals surface area contributed by atoms with Crippen LogP contribution in [0, 0.1) is 0 Å². The Hall–Kier alpha value is -0.380. The molecule has 1 atom stereocenters. The van der Waals surface area contributed by atoms with Gasteiger partial charge >= 0.3 is 0 Å². The normalized spacial score (nSPS) is 12.5. The summed E-state index contributed by atoms with van der Waals surface area (Å²) in [4.78, 5) is 2.30. The number of halogens is 1. The molecule has 0 spiro atoms. The van der Waals surface area contributed by atoms with E-state index in [4.69, 9.17) is 11.6 Å². The molecule has 0 heterocycles. The van der Waals surface area contributed by atoms with Gasteiger partial charge in [0.2, 0.25) is 0 Å². The van der Waals surface area contributed by atoms with Crippen molar-refractivity contribution in [2.24, 2.45) is 0 Å². The van der Waals surface area contributed by atoms with E-state index >= 15 is 0 Å². The van der Waals surface area contributed by atoms with Gasteiger partial charge < -0.3 is 10.2 Å². The monoisotopic (exact) mass is 286 g/mol. The number of hydrogen-bond acceptors (Lipinski definition) is 3. The van der Waals surface area contributed by atoms with Crippen molar-refractivity contribution in [2.45, 2.75) is 25.9 Å². The first-order valence-corrected chi connectivity index (χ1v) is 8.02. The van der Waals surface area contributed by atoms with Crippen LogP contribution < -0.4 is 10.2 Å². The zero-order valence-corrected chi connectivity index (χ0v) is 13.2. The van der Waals surface area contributed by atoms with Crippen LogP contribution in [0.25, 0.3) is 0 Å². The van der Waals surface area contributed by atoms with Gasteiger partial charge in [-0.25, -0.2) is 0 Å². The molecule has 4 heteroatoms. The summed E-state index contributed by atoms with van der Waals surface area (Å²) in [5.74, 6) is 1.19. The molecule has 1 rings (SSSR count). The van der Waals surface area contributed by atoms with Gasteiger partial charge in [0.25, 0.3) is 0 Å². The van der Waals surface area contributed by atoms with Gasteiger partial charge in [-0.3, -0.25) is 0 Å². The molecule has 0 saturated heterocycles. The minimum Gasteiger partial charge on any atom is -0.372 e. The average Bonchev–Trinajstić information content (AvgIpc) is 2.37. The third kappa shape index (κ3) is 4.38. The Morgan fingerprint density at radius 3 is 2.72 bits per heavy atom. The van der Waals surface area contributed by atoms with Crippen LogP contribution in [0.2, 0.25) is 5.02 Å². The van der Waals surface area contributed by atoms with E-state index in [1.54, 1.807) is 0 Å². The molecule has 0 saturated carbocycles. The quantitative estimate of drug-likeness (QED) is 0.824. The maximum atomic E-state index is 6.29. The van der Waals surface area contributed by atoms with Crippen molar-refractivity contribution in [1.82, 2.24) is 5.32 Å². The largest absolute Gasteiger partial charge is 0.372 e. The van der Waals surface area contributed by atoms with Crippen molar-refractivity contribution >= 4 is 29.1 Å². The second kappa shape index (κ2) is 7.93. The van der Waals surface area contributed by atoms with Gasteiger partial charge in [0.05, 0.1) is 0 Å². The lowest BCUT2D eigenvalue weighted by Crippen LogP contribution is -2.29. The van der Waals surface area contributed by atoms with Gasteiger partial charge in [-0.15, -0.1) is 0 Å². The number of benzene rings is 1. The van der Waals surface area contributed by atoms with Crippen LogP contribution in [-0.4, -0.2) is 32.1 Å². The fourth-order valence-electron chi connectivity index (χ4n) is 1.83. The van der Waals surface area contributed by atoms with Crippen LogP contribution in [0.4, 0.5) is 5.69 Å². The first-order valence-electron chi connectivity index (χ1n) is 6.25. The Kier molecular flexibility index (Phi) is 6.90. The van der Waals surface area contributed by atoms with E-state index in [1.807, 2.05) is 18.8 Å². The lowest BCUT2D eigenvalue weighted by Gasteiger charge is -2.27. The highest BCUT2D eigenvalue weighted by molar-refractivity contribution is 7.98. The van der Waals surface area contributed by atoms with Crippen LogP contribution in [0.15, 0.2) is 18.2 Å². The molecule has 0 radical (unpaired) electrons. The number of rotatable bonds is 7. The van der Waals surface area contributed by atoms with Crippen LogP contribution >= 0.6 is 23.4 Å². The maximum Gasteiger partial charge on any atom is 0.0471 e. The second-order valence-corrected chi connectivity index (χ2v) is 5.94. The SMILES string of the molecule is CNCc1ccc(N(C)C(C)CCSC)cc1Cl. The molecule has 0 aliphatic heterocycles. The molecule has 102 valence electrons. The molecule has 0 aromatic heterocycles. The standard InChI is InChI=1S/C14H23ClN2S/c1-11(7-8-18-4)17(3)13-6-5-12(10-16-2)14(15)9-13/h5-6,9,11,16H,7-8,10H2,1-4H3. The summed E-state index contributed by atoms with van der Waals surface area (Å²) in [5, 5.41) is 3.96. The van der Waals surface area contributed by atoms with Crippen LogP contribution in [0.1, 0.15) is 18.9 Å². The van der Waals surface area contributed by atoms with Crippen molar-refractivity contribution in [3.8, 4) is 0 Å². The second-order valence-electron chi connectivity index (χ2n) is 4.55. The molecule has 1 unspecified atom stereocenters. The molecule has 1 N–H and O–H groups in total. The van der Waals surface area contributed by atoms with E-state index in [1.165, 1.54) is 17.9 Å². The molecule has 2 nitrogen and oxygen atoms in total. The first kappa shape index (κ1) is 15.7. The molecular weight excluding hydrogens is 264 g/mol. The van der Waals surface area contributed by atoms with Crippen molar-refractivity contribution < 1.29 is 0 Å². The average molecular weight is 287 g/mol. The summed E-state index contributed by atoms with van der Waals surface area (Å²) >= 11 is 8.18. The third-order valence-corrected chi connectivity index (χ3v) is 4.21. The molecule has 0 aliphatic carbocycles. The summed E-state index contributed by atoms with van der Waals surface area (Å²) in [5.41, 5.74) is 2.33. The molecule has 0 fully saturated rings. The first-order chi connectivity index (χ1) is 8.60. The van der Waals surface area contributed by atoms with Crippen molar-refractivity contribution in [2.75, 3.05) is 31.0 Å². The molecule has 18 heavy (non-hydrogen) atoms. The van der Waals surface area contributed by atoms with Gasteiger partial charge in [-0.05, 0) is 50.1 Å². The highest BCUT2D eigenvalue weighted by Crippen LogP contribution is 2.25. The Morgan fingerprint density at radius 1 is 1.44 bits per heavy atom. The van der Waals surface area contributed by atoms with Gasteiger partial charge in [-0.1, -0.05) is 17.7 Å². The number of thioether (sulfide) groups is 1. The number of nitrogens with one attached hydrogen (secondary N) is 1. The van der Waals surface area contributed by atoms with Gasteiger partial charge in [0.15, 0.2) is 0 Å². The van der Waals surface area contributed by atoms with Gasteiger partial charge in [-0.2, -0.15) is 11.8 Å². The summed E-state index contributed by atoms with van der Waals surface area (Å²) in [6.07, 6.45) is 3.34. The zero-order valence-electron chi connectivity index (χ0n) is 11.7. The van der Waals surface area contributed by atoms with Crippen LogP contribution in [0.5, 0.6) is 0 Å². The Balaban J connectivity index is 2.74. The fourth-order valence-corrected chi connectivity index (χ4v) is 2.64. The lowest BCUT2D eigenvalue weighted by atomic mass is 10.1. The molecule has 1 aromatic rings. The summed E-state index contributed by atoms with van der Waals surface area (Å²) in [6.45, 7) is 3.07. The molecule has 1 aromatic carbocycles. The van der Waals surface area contributed by atoms with Crippen LogP contribution in [-0.2, 0) is 6.54 Å². The summed E-state index contributed by atoms with van der Waals surface area (Å²) < 4.78 is 0. The third-order valence-electron chi connectivity index (χ3n) is 3.21. The van der Waals surface area contributed by atoms with Crippen molar-refractivity contribution in [1.29, 1.82) is 0 Å². The van der Waals surface area contributed by atoms with E-state index in [0.29, 0.717) is 6.04 Å². The molecular formula is C14H23ClN2S. The fraction of sp³-hybridized carbons (Fsp3) is 0.571. The zero-order chi connectivity index (χ0) is 13.5. The van der Waals surface area contributed by atoms with Crippen molar-refractivity contribution in [3.05, 3.63) is 28.8 Å². The summed E-state index contributed by atoms with van der Waals surface area (Å²) in [6, 6.07) is 6.84. The predicted octanol–water partition coefficient (Wildman–Crippen LogP) is 3.64. The van der Waals surface area contributed by atoms with E-state index < -0.39 is 0 Å².